The first-order valence-electron chi connectivity index (χ1n) is 7.45. The van der Waals surface area contributed by atoms with Crippen LogP contribution in [0.1, 0.15) is 32.1 Å². The molecule has 1 saturated carbocycles. The molecule has 1 aliphatic rings. The molecule has 0 aromatic heterocycles. The molecule has 2 atom stereocenters. The monoisotopic (exact) mass is 341 g/mol. The quantitative estimate of drug-likeness (QED) is 0.587. The maximum atomic E-state index is 11.8. The van der Waals surface area contributed by atoms with Crippen molar-refractivity contribution >= 4 is 35.2 Å². The van der Waals surface area contributed by atoms with Crippen molar-refractivity contribution in [1.29, 1.82) is 0 Å². The van der Waals surface area contributed by atoms with Crippen molar-refractivity contribution in [1.82, 2.24) is 5.32 Å². The summed E-state index contributed by atoms with van der Waals surface area (Å²) in [5.74, 6) is -0.160. The number of carbonyl (C=O) groups is 2. The van der Waals surface area contributed by atoms with Gasteiger partial charge in [-0.3, -0.25) is 9.59 Å². The number of aliphatic carboxylic acids is 1. The summed E-state index contributed by atoms with van der Waals surface area (Å²) >= 11 is 7.53. The van der Waals surface area contributed by atoms with Gasteiger partial charge in [-0.25, -0.2) is 0 Å². The topological polar surface area (TPSA) is 66.4 Å². The molecule has 0 unspecified atom stereocenters. The van der Waals surface area contributed by atoms with Crippen molar-refractivity contribution in [2.24, 2.45) is 5.92 Å². The molecule has 0 radical (unpaired) electrons. The van der Waals surface area contributed by atoms with Crippen LogP contribution in [0, 0.1) is 5.92 Å². The fourth-order valence-corrected chi connectivity index (χ4v) is 3.57. The number of hydrogen-bond acceptors (Lipinski definition) is 3. The van der Waals surface area contributed by atoms with Crippen LogP contribution in [0.25, 0.3) is 0 Å². The maximum Gasteiger partial charge on any atom is 0.306 e. The van der Waals surface area contributed by atoms with E-state index in [9.17, 15) is 9.59 Å². The summed E-state index contributed by atoms with van der Waals surface area (Å²) in [6, 6.07) is 7.68. The van der Waals surface area contributed by atoms with Crippen LogP contribution in [0.15, 0.2) is 29.2 Å². The summed E-state index contributed by atoms with van der Waals surface area (Å²) in [4.78, 5) is 23.9. The van der Waals surface area contributed by atoms with E-state index >= 15 is 0 Å². The number of thioether (sulfide) groups is 1. The zero-order valence-corrected chi connectivity index (χ0v) is 13.8. The third-order valence-electron chi connectivity index (χ3n) is 3.78. The van der Waals surface area contributed by atoms with Gasteiger partial charge in [0.1, 0.15) is 0 Å². The second-order valence-corrected chi connectivity index (χ2v) is 7.12. The fraction of sp³-hybridized carbons (Fsp3) is 0.500. The van der Waals surface area contributed by atoms with E-state index in [-0.39, 0.29) is 17.9 Å². The van der Waals surface area contributed by atoms with Gasteiger partial charge in [-0.2, -0.15) is 0 Å². The average molecular weight is 342 g/mol. The Hall–Kier alpha value is -1.20. The Balaban J connectivity index is 1.60. The van der Waals surface area contributed by atoms with Gasteiger partial charge in [-0.15, -0.1) is 11.8 Å². The van der Waals surface area contributed by atoms with E-state index < -0.39 is 5.97 Å². The standard InChI is InChI=1S/C16H20ClNO3S/c17-12-4-7-14(8-5-12)22-9-1-2-15(19)18-13-6-3-11(10-13)16(20)21/h4-5,7-8,11,13H,1-3,6,9-10H2,(H,18,19)(H,20,21)/t11-,13+/m1/s1. The van der Waals surface area contributed by atoms with Crippen molar-refractivity contribution in [2.45, 2.75) is 43.0 Å². The van der Waals surface area contributed by atoms with Gasteiger partial charge in [0.15, 0.2) is 0 Å². The lowest BCUT2D eigenvalue weighted by Crippen LogP contribution is -2.33. The molecule has 1 aliphatic carbocycles. The van der Waals surface area contributed by atoms with E-state index in [0.29, 0.717) is 19.3 Å². The van der Waals surface area contributed by atoms with Crippen molar-refractivity contribution in [3.8, 4) is 0 Å². The molecule has 0 heterocycles. The molecule has 0 spiro atoms. The highest BCUT2D eigenvalue weighted by Crippen LogP contribution is 2.26. The Bertz CT molecular complexity index is 521. The Morgan fingerprint density at radius 2 is 2.00 bits per heavy atom. The van der Waals surface area contributed by atoms with Crippen molar-refractivity contribution in [3.05, 3.63) is 29.3 Å². The average Bonchev–Trinajstić information content (AvgIpc) is 2.94. The number of carboxylic acids is 1. The van der Waals surface area contributed by atoms with Crippen LogP contribution in [0.2, 0.25) is 5.02 Å². The summed E-state index contributed by atoms with van der Waals surface area (Å²) in [6.45, 7) is 0. The predicted octanol–water partition coefficient (Wildman–Crippen LogP) is 3.58. The van der Waals surface area contributed by atoms with Crippen LogP contribution in [-0.2, 0) is 9.59 Å². The minimum atomic E-state index is -0.754. The lowest BCUT2D eigenvalue weighted by atomic mass is 10.1. The molecular formula is C16H20ClNO3S. The van der Waals surface area contributed by atoms with E-state index in [0.717, 1.165) is 28.5 Å². The summed E-state index contributed by atoms with van der Waals surface area (Å²) in [6.07, 6.45) is 3.26. The second kappa shape index (κ2) is 8.44. The number of rotatable bonds is 7. The van der Waals surface area contributed by atoms with Crippen LogP contribution >= 0.6 is 23.4 Å². The largest absolute Gasteiger partial charge is 0.481 e. The molecule has 1 aromatic carbocycles. The highest BCUT2D eigenvalue weighted by molar-refractivity contribution is 7.99. The van der Waals surface area contributed by atoms with Gasteiger partial charge in [0.25, 0.3) is 0 Å². The van der Waals surface area contributed by atoms with Gasteiger partial charge >= 0.3 is 5.97 Å². The first-order valence-corrected chi connectivity index (χ1v) is 8.81. The van der Waals surface area contributed by atoms with Crippen molar-refractivity contribution < 1.29 is 14.7 Å². The Labute approximate surface area is 139 Å². The second-order valence-electron chi connectivity index (χ2n) is 5.52. The Morgan fingerprint density at radius 3 is 2.64 bits per heavy atom. The van der Waals surface area contributed by atoms with Gasteiger partial charge in [0.2, 0.25) is 5.91 Å². The van der Waals surface area contributed by atoms with E-state index in [1.807, 2.05) is 24.3 Å². The molecule has 2 rings (SSSR count). The summed E-state index contributed by atoms with van der Waals surface area (Å²) in [5, 5.41) is 12.6. The van der Waals surface area contributed by atoms with E-state index in [4.69, 9.17) is 16.7 Å². The fourth-order valence-electron chi connectivity index (χ4n) is 2.59. The molecule has 1 amide bonds. The Morgan fingerprint density at radius 1 is 1.27 bits per heavy atom. The van der Waals surface area contributed by atoms with Gasteiger partial charge in [0.05, 0.1) is 5.92 Å². The molecule has 4 nitrogen and oxygen atoms in total. The molecule has 1 aromatic rings. The normalized spacial score (nSPS) is 20.8. The highest BCUT2D eigenvalue weighted by atomic mass is 35.5. The van der Waals surface area contributed by atoms with Gasteiger partial charge in [0, 0.05) is 22.4 Å². The third-order valence-corrected chi connectivity index (χ3v) is 5.13. The van der Waals surface area contributed by atoms with E-state index in [2.05, 4.69) is 5.32 Å². The zero-order valence-electron chi connectivity index (χ0n) is 12.3. The predicted molar refractivity (Wildman–Crippen MR) is 88.3 cm³/mol. The maximum absolute atomic E-state index is 11.8. The molecule has 2 N–H and O–H groups in total. The van der Waals surface area contributed by atoms with Crippen LogP contribution in [-0.4, -0.2) is 28.8 Å². The highest BCUT2D eigenvalue weighted by Gasteiger charge is 2.30. The van der Waals surface area contributed by atoms with E-state index in [1.54, 1.807) is 11.8 Å². The van der Waals surface area contributed by atoms with Crippen molar-refractivity contribution in [3.63, 3.8) is 0 Å². The lowest BCUT2D eigenvalue weighted by molar-refractivity contribution is -0.141. The van der Waals surface area contributed by atoms with Gasteiger partial charge in [-0.1, -0.05) is 11.6 Å². The first kappa shape index (κ1) is 17.2. The molecule has 6 heteroatoms. The first-order chi connectivity index (χ1) is 10.5. The molecule has 22 heavy (non-hydrogen) atoms. The smallest absolute Gasteiger partial charge is 0.306 e. The van der Waals surface area contributed by atoms with E-state index in [1.165, 1.54) is 0 Å². The lowest BCUT2D eigenvalue weighted by Gasteiger charge is -2.12. The van der Waals surface area contributed by atoms with Crippen LogP contribution < -0.4 is 5.32 Å². The van der Waals surface area contributed by atoms with Crippen LogP contribution in [0.4, 0.5) is 0 Å². The number of hydrogen-bond donors (Lipinski definition) is 2. The number of amides is 1. The number of halogens is 1. The summed E-state index contributed by atoms with van der Waals surface area (Å²) in [7, 11) is 0. The molecule has 0 bridgehead atoms. The minimum absolute atomic E-state index is 0.0211. The van der Waals surface area contributed by atoms with Crippen LogP contribution in [0.3, 0.4) is 0 Å². The van der Waals surface area contributed by atoms with Crippen molar-refractivity contribution in [2.75, 3.05) is 5.75 Å². The molecule has 0 aliphatic heterocycles. The van der Waals surface area contributed by atoms with Gasteiger partial charge < -0.3 is 10.4 Å². The molecule has 0 saturated heterocycles. The molecule has 1 fully saturated rings. The Kier molecular flexibility index (Phi) is 6.58. The van der Waals surface area contributed by atoms with Crippen LogP contribution in [0.5, 0.6) is 0 Å². The molecular weight excluding hydrogens is 322 g/mol. The zero-order chi connectivity index (χ0) is 15.9. The number of carboxylic acid groups (broad SMARTS) is 1. The third kappa shape index (κ3) is 5.54. The van der Waals surface area contributed by atoms with Gasteiger partial charge in [-0.05, 0) is 55.7 Å². The number of carbonyl (C=O) groups excluding carboxylic acids is 1. The summed E-state index contributed by atoms with van der Waals surface area (Å²) in [5.41, 5.74) is 0. The minimum Gasteiger partial charge on any atom is -0.481 e. The number of benzene rings is 1. The molecule has 120 valence electrons. The SMILES string of the molecule is O=C(CCCSc1ccc(Cl)cc1)N[C@H]1CC[C@@H](C(=O)O)C1. The summed E-state index contributed by atoms with van der Waals surface area (Å²) < 4.78 is 0. The number of nitrogens with one attached hydrogen (secondary N) is 1.